The van der Waals surface area contributed by atoms with Gasteiger partial charge < -0.3 is 0 Å². The SMILES string of the molecule is C1=CC2c3ccccc3-c3ccccc3C2C=C1c1cc(-c2ccccc2)cc(-c2ccccc2)c1. The number of fused-ring (bicyclic) bond motifs is 6. The van der Waals surface area contributed by atoms with Gasteiger partial charge in [0.2, 0.25) is 0 Å². The zero-order valence-electron chi connectivity index (χ0n) is 20.0. The van der Waals surface area contributed by atoms with Gasteiger partial charge in [-0.05, 0) is 73.8 Å². The average molecular weight is 459 g/mol. The summed E-state index contributed by atoms with van der Waals surface area (Å²) in [5.74, 6) is 0.697. The highest BCUT2D eigenvalue weighted by Gasteiger charge is 2.32. The summed E-state index contributed by atoms with van der Waals surface area (Å²) in [5, 5.41) is 0. The van der Waals surface area contributed by atoms with Crippen LogP contribution < -0.4 is 0 Å². The maximum atomic E-state index is 2.50. The third-order valence-electron chi connectivity index (χ3n) is 7.64. The Morgan fingerprint density at radius 1 is 0.389 bits per heavy atom. The molecule has 0 fully saturated rings. The Hall–Kier alpha value is -4.42. The van der Waals surface area contributed by atoms with Gasteiger partial charge in [-0.25, -0.2) is 0 Å². The lowest BCUT2D eigenvalue weighted by Crippen LogP contribution is -2.17. The molecular weight excluding hydrogens is 432 g/mol. The predicted octanol–water partition coefficient (Wildman–Crippen LogP) is 9.52. The van der Waals surface area contributed by atoms with E-state index in [2.05, 4.69) is 146 Å². The second kappa shape index (κ2) is 8.66. The average Bonchev–Trinajstić information content (AvgIpc) is 2.98. The molecule has 0 spiro atoms. The molecule has 5 aromatic rings. The minimum absolute atomic E-state index is 0.330. The van der Waals surface area contributed by atoms with Gasteiger partial charge in [0.15, 0.2) is 0 Å². The Kier molecular flexibility index (Phi) is 5.03. The van der Waals surface area contributed by atoms with Crippen LogP contribution in [-0.2, 0) is 0 Å². The fraction of sp³-hybridized carbons (Fsp3) is 0.0556. The maximum absolute atomic E-state index is 2.50. The number of rotatable bonds is 3. The molecule has 2 aliphatic rings. The zero-order chi connectivity index (χ0) is 23.9. The monoisotopic (exact) mass is 458 g/mol. The smallest absolute Gasteiger partial charge is 0.0137 e. The van der Waals surface area contributed by atoms with Crippen molar-refractivity contribution in [2.24, 2.45) is 0 Å². The van der Waals surface area contributed by atoms with Gasteiger partial charge in [-0.2, -0.15) is 0 Å². The summed E-state index contributed by atoms with van der Waals surface area (Å²) >= 11 is 0. The van der Waals surface area contributed by atoms with E-state index in [1.165, 1.54) is 55.6 Å². The third-order valence-corrected chi connectivity index (χ3v) is 7.64. The summed E-state index contributed by atoms with van der Waals surface area (Å²) in [7, 11) is 0. The van der Waals surface area contributed by atoms with Crippen LogP contribution in [0.4, 0.5) is 0 Å². The van der Waals surface area contributed by atoms with Crippen molar-refractivity contribution in [3.8, 4) is 33.4 Å². The van der Waals surface area contributed by atoms with Crippen molar-refractivity contribution >= 4 is 5.57 Å². The maximum Gasteiger partial charge on any atom is 0.0137 e. The van der Waals surface area contributed by atoms with E-state index in [-0.39, 0.29) is 0 Å². The summed E-state index contributed by atoms with van der Waals surface area (Å²) in [5.41, 5.74) is 13.1. The van der Waals surface area contributed by atoms with Gasteiger partial charge >= 0.3 is 0 Å². The molecule has 36 heavy (non-hydrogen) atoms. The lowest BCUT2D eigenvalue weighted by molar-refractivity contribution is 0.722. The van der Waals surface area contributed by atoms with Crippen molar-refractivity contribution in [2.75, 3.05) is 0 Å². The van der Waals surface area contributed by atoms with Gasteiger partial charge in [-0.15, -0.1) is 0 Å². The summed E-state index contributed by atoms with van der Waals surface area (Å²) < 4.78 is 0. The molecule has 2 aliphatic carbocycles. The van der Waals surface area contributed by atoms with Crippen LogP contribution in [0, 0.1) is 0 Å². The van der Waals surface area contributed by atoms with Crippen molar-refractivity contribution in [3.05, 3.63) is 162 Å². The Bertz CT molecular complexity index is 1560. The van der Waals surface area contributed by atoms with Gasteiger partial charge in [0.1, 0.15) is 0 Å². The molecule has 7 rings (SSSR count). The lowest BCUT2D eigenvalue weighted by atomic mass is 9.69. The van der Waals surface area contributed by atoms with E-state index < -0.39 is 0 Å². The molecule has 0 aliphatic heterocycles. The summed E-state index contributed by atoms with van der Waals surface area (Å²) in [6.45, 7) is 0. The zero-order valence-corrected chi connectivity index (χ0v) is 20.0. The third kappa shape index (κ3) is 3.54. The van der Waals surface area contributed by atoms with Crippen LogP contribution in [0.1, 0.15) is 28.5 Å². The van der Waals surface area contributed by atoms with Crippen LogP contribution in [0.15, 0.2) is 146 Å². The fourth-order valence-electron chi connectivity index (χ4n) is 5.91. The number of hydrogen-bond acceptors (Lipinski definition) is 0. The van der Waals surface area contributed by atoms with Crippen LogP contribution in [0.25, 0.3) is 39.0 Å². The molecule has 2 atom stereocenters. The number of benzene rings is 5. The van der Waals surface area contributed by atoms with E-state index in [1.54, 1.807) is 0 Å². The molecule has 0 bridgehead atoms. The van der Waals surface area contributed by atoms with E-state index in [1.807, 2.05) is 0 Å². The standard InChI is InChI=1S/C36H26/c1-3-11-25(12-4-1)28-21-29(26-13-5-2-6-14-26)23-30(22-28)27-19-20-35-33-17-8-7-15-31(33)32-16-9-10-18-34(32)36(35)24-27/h1-24,35-36H. The Morgan fingerprint density at radius 3 is 1.44 bits per heavy atom. The number of hydrogen-bond donors (Lipinski definition) is 0. The number of allylic oxidation sites excluding steroid dienone is 4. The molecule has 2 unspecified atom stereocenters. The minimum atomic E-state index is 0.330. The molecule has 170 valence electrons. The van der Waals surface area contributed by atoms with Crippen LogP contribution in [0.3, 0.4) is 0 Å². The normalized spacial score (nSPS) is 17.5. The first-order valence-electron chi connectivity index (χ1n) is 12.7. The molecule has 0 heterocycles. The molecular formula is C36H26. The molecule has 0 heteroatoms. The fourth-order valence-corrected chi connectivity index (χ4v) is 5.91. The minimum Gasteiger partial charge on any atom is -0.0755 e. The highest BCUT2D eigenvalue weighted by molar-refractivity contribution is 5.86. The first kappa shape index (κ1) is 20.9. The molecule has 0 saturated heterocycles. The van der Waals surface area contributed by atoms with Crippen molar-refractivity contribution in [1.29, 1.82) is 0 Å². The van der Waals surface area contributed by atoms with E-state index in [0.29, 0.717) is 11.8 Å². The van der Waals surface area contributed by atoms with E-state index >= 15 is 0 Å². The van der Waals surface area contributed by atoms with Gasteiger partial charge in [0, 0.05) is 11.8 Å². The Balaban J connectivity index is 1.39. The van der Waals surface area contributed by atoms with Crippen LogP contribution >= 0.6 is 0 Å². The largest absolute Gasteiger partial charge is 0.0755 e. The second-order valence-corrected chi connectivity index (χ2v) is 9.74. The van der Waals surface area contributed by atoms with Crippen LogP contribution in [-0.4, -0.2) is 0 Å². The summed E-state index contributed by atoms with van der Waals surface area (Å²) in [4.78, 5) is 0. The summed E-state index contributed by atoms with van der Waals surface area (Å²) in [6.07, 6.45) is 7.26. The molecule has 0 nitrogen and oxygen atoms in total. The predicted molar refractivity (Wildman–Crippen MR) is 152 cm³/mol. The molecule has 0 radical (unpaired) electrons. The van der Waals surface area contributed by atoms with Gasteiger partial charge in [0.05, 0.1) is 0 Å². The molecule has 5 aromatic carbocycles. The molecule has 0 N–H and O–H groups in total. The van der Waals surface area contributed by atoms with Crippen molar-refractivity contribution in [1.82, 2.24) is 0 Å². The quantitative estimate of drug-likeness (QED) is 0.252. The molecule has 0 aromatic heterocycles. The van der Waals surface area contributed by atoms with Crippen molar-refractivity contribution in [2.45, 2.75) is 11.8 Å². The first-order valence-corrected chi connectivity index (χ1v) is 12.7. The Labute approximate surface area is 212 Å². The Morgan fingerprint density at radius 2 is 0.861 bits per heavy atom. The lowest BCUT2D eigenvalue weighted by Gasteiger charge is -2.35. The van der Waals surface area contributed by atoms with Crippen LogP contribution in [0.5, 0.6) is 0 Å². The van der Waals surface area contributed by atoms with Gasteiger partial charge in [-0.1, -0.05) is 127 Å². The first-order chi connectivity index (χ1) is 17.8. The highest BCUT2D eigenvalue weighted by atomic mass is 14.4. The summed E-state index contributed by atoms with van der Waals surface area (Å²) in [6, 6.07) is 46.3. The van der Waals surface area contributed by atoms with Crippen LogP contribution in [0.2, 0.25) is 0 Å². The van der Waals surface area contributed by atoms with E-state index in [0.717, 1.165) is 0 Å². The molecule has 0 saturated carbocycles. The van der Waals surface area contributed by atoms with Crippen molar-refractivity contribution in [3.63, 3.8) is 0 Å². The van der Waals surface area contributed by atoms with Crippen molar-refractivity contribution < 1.29 is 0 Å². The highest BCUT2D eigenvalue weighted by Crippen LogP contribution is 2.51. The second-order valence-electron chi connectivity index (χ2n) is 9.74. The van der Waals surface area contributed by atoms with E-state index in [4.69, 9.17) is 0 Å². The van der Waals surface area contributed by atoms with Gasteiger partial charge in [-0.3, -0.25) is 0 Å². The molecule has 0 amide bonds. The van der Waals surface area contributed by atoms with E-state index in [9.17, 15) is 0 Å². The topological polar surface area (TPSA) is 0 Å². The van der Waals surface area contributed by atoms with Gasteiger partial charge in [0.25, 0.3) is 0 Å².